The average Bonchev–Trinajstić information content (AvgIpc) is 1.83. The summed E-state index contributed by atoms with van der Waals surface area (Å²) in [7, 11) is 0. The zero-order valence-corrected chi connectivity index (χ0v) is 6.42. The summed E-state index contributed by atoms with van der Waals surface area (Å²) in [6, 6.07) is 0.0635. The fraction of sp³-hybridized carbons (Fsp3) is 0.625. The molecule has 1 rings (SSSR count). The average molecular weight is 153 g/mol. The molecule has 0 aromatic carbocycles. The van der Waals surface area contributed by atoms with Crippen LogP contribution in [0.5, 0.6) is 0 Å². The Labute approximate surface area is 65.8 Å². The molecule has 0 aromatic rings. The Morgan fingerprint density at radius 1 is 1.82 bits per heavy atom. The fourth-order valence-electron chi connectivity index (χ4n) is 1.26. The van der Waals surface area contributed by atoms with Gasteiger partial charge >= 0.3 is 0 Å². The number of terminal acetylenes is 1. The lowest BCUT2D eigenvalue weighted by Gasteiger charge is -2.39. The Bertz CT molecular complexity index is 211. The van der Waals surface area contributed by atoms with E-state index in [-0.39, 0.29) is 11.9 Å². The Hall–Kier alpha value is -1.01. The molecule has 0 saturated heterocycles. The van der Waals surface area contributed by atoms with Crippen LogP contribution in [0.25, 0.3) is 0 Å². The number of carbonyl (C=O) groups is 1. The Kier molecular flexibility index (Phi) is 1.88. The van der Waals surface area contributed by atoms with Gasteiger partial charge in [0.1, 0.15) is 5.60 Å². The van der Waals surface area contributed by atoms with Gasteiger partial charge in [0.05, 0.1) is 0 Å². The highest BCUT2D eigenvalue weighted by Crippen LogP contribution is 2.31. The topological polar surface area (TPSA) is 49.3 Å². The highest BCUT2D eigenvalue weighted by atomic mass is 16.3. The summed E-state index contributed by atoms with van der Waals surface area (Å²) in [5.74, 6) is 2.21. The van der Waals surface area contributed by atoms with Crippen molar-refractivity contribution in [2.45, 2.75) is 31.4 Å². The van der Waals surface area contributed by atoms with Crippen molar-refractivity contribution in [3.05, 3.63) is 0 Å². The smallest absolute Gasteiger partial charge is 0.217 e. The van der Waals surface area contributed by atoms with Gasteiger partial charge < -0.3 is 10.4 Å². The zero-order valence-electron chi connectivity index (χ0n) is 6.42. The summed E-state index contributed by atoms with van der Waals surface area (Å²) < 4.78 is 0. The third-order valence-corrected chi connectivity index (χ3v) is 1.84. The van der Waals surface area contributed by atoms with Gasteiger partial charge in [0.25, 0.3) is 0 Å². The molecule has 0 bridgehead atoms. The van der Waals surface area contributed by atoms with Gasteiger partial charge in [-0.2, -0.15) is 0 Å². The molecule has 3 nitrogen and oxygen atoms in total. The molecule has 60 valence electrons. The molecule has 1 aliphatic rings. The van der Waals surface area contributed by atoms with Crippen molar-refractivity contribution in [2.24, 2.45) is 0 Å². The quantitative estimate of drug-likeness (QED) is 0.506. The molecule has 0 heterocycles. The largest absolute Gasteiger partial charge is 0.377 e. The normalized spacial score (nSPS) is 35.2. The van der Waals surface area contributed by atoms with E-state index in [9.17, 15) is 9.90 Å². The molecule has 0 aliphatic heterocycles. The van der Waals surface area contributed by atoms with E-state index in [1.807, 2.05) is 0 Å². The van der Waals surface area contributed by atoms with Crippen LogP contribution in [-0.4, -0.2) is 22.7 Å². The van der Waals surface area contributed by atoms with E-state index in [0.29, 0.717) is 12.8 Å². The molecule has 0 radical (unpaired) electrons. The molecule has 0 atom stereocenters. The summed E-state index contributed by atoms with van der Waals surface area (Å²) in [4.78, 5) is 10.5. The maximum absolute atomic E-state index is 10.5. The summed E-state index contributed by atoms with van der Waals surface area (Å²) >= 11 is 0. The molecule has 1 saturated carbocycles. The first kappa shape index (κ1) is 8.09. The number of aliphatic hydroxyl groups is 1. The fourth-order valence-corrected chi connectivity index (χ4v) is 1.26. The minimum Gasteiger partial charge on any atom is -0.377 e. The van der Waals surface area contributed by atoms with Gasteiger partial charge in [-0.3, -0.25) is 4.79 Å². The lowest BCUT2D eigenvalue weighted by atomic mass is 9.76. The summed E-state index contributed by atoms with van der Waals surface area (Å²) in [6.07, 6.45) is 6.00. The highest BCUT2D eigenvalue weighted by molar-refractivity contribution is 5.73. The van der Waals surface area contributed by atoms with Crippen LogP contribution in [0.4, 0.5) is 0 Å². The Balaban J connectivity index is 2.31. The molecule has 0 spiro atoms. The number of carbonyl (C=O) groups excluding carboxylic acids is 1. The second kappa shape index (κ2) is 2.55. The molecular formula is C8H11NO2. The predicted octanol–water partition coefficient (Wildman–Crippen LogP) is -0.351. The van der Waals surface area contributed by atoms with Crippen molar-refractivity contribution in [3.8, 4) is 12.3 Å². The van der Waals surface area contributed by atoms with Gasteiger partial charge in [0.2, 0.25) is 5.91 Å². The van der Waals surface area contributed by atoms with Gasteiger partial charge in [0, 0.05) is 25.8 Å². The first-order valence-corrected chi connectivity index (χ1v) is 3.53. The maximum atomic E-state index is 10.5. The molecule has 0 aromatic heterocycles. The number of hydrogen-bond donors (Lipinski definition) is 2. The van der Waals surface area contributed by atoms with E-state index in [4.69, 9.17) is 6.42 Å². The summed E-state index contributed by atoms with van der Waals surface area (Å²) in [6.45, 7) is 1.45. The zero-order chi connectivity index (χ0) is 8.48. The number of amides is 1. The molecular weight excluding hydrogens is 142 g/mol. The number of hydrogen-bond acceptors (Lipinski definition) is 2. The lowest BCUT2D eigenvalue weighted by Crippen LogP contribution is -2.53. The van der Waals surface area contributed by atoms with E-state index in [0.717, 1.165) is 0 Å². The maximum Gasteiger partial charge on any atom is 0.217 e. The second-order valence-electron chi connectivity index (χ2n) is 2.98. The van der Waals surface area contributed by atoms with Gasteiger partial charge in [0.15, 0.2) is 0 Å². The monoisotopic (exact) mass is 153 g/mol. The minimum atomic E-state index is -0.965. The predicted molar refractivity (Wildman–Crippen MR) is 40.6 cm³/mol. The van der Waals surface area contributed by atoms with E-state index in [1.165, 1.54) is 6.92 Å². The third-order valence-electron chi connectivity index (χ3n) is 1.84. The SMILES string of the molecule is C#C[C@]1(O)C[C@@H](NC(C)=O)C1. The van der Waals surface area contributed by atoms with Crippen LogP contribution < -0.4 is 5.32 Å². The third kappa shape index (κ3) is 1.72. The van der Waals surface area contributed by atoms with E-state index >= 15 is 0 Å². The van der Waals surface area contributed by atoms with Gasteiger partial charge in [-0.25, -0.2) is 0 Å². The summed E-state index contributed by atoms with van der Waals surface area (Å²) in [5.41, 5.74) is -0.965. The van der Waals surface area contributed by atoms with E-state index in [1.54, 1.807) is 0 Å². The molecule has 2 N–H and O–H groups in total. The van der Waals surface area contributed by atoms with Crippen molar-refractivity contribution >= 4 is 5.91 Å². The Morgan fingerprint density at radius 3 is 2.73 bits per heavy atom. The van der Waals surface area contributed by atoms with Gasteiger partial charge in [-0.1, -0.05) is 5.92 Å². The van der Waals surface area contributed by atoms with Crippen LogP contribution in [0.15, 0.2) is 0 Å². The standard InChI is InChI=1S/C8H11NO2/c1-3-8(11)4-7(5-8)9-6(2)10/h1,7,11H,4-5H2,2H3,(H,9,10)/t7-,8+. The van der Waals surface area contributed by atoms with Crippen molar-refractivity contribution in [2.75, 3.05) is 0 Å². The van der Waals surface area contributed by atoms with Crippen LogP contribution in [0.1, 0.15) is 19.8 Å². The van der Waals surface area contributed by atoms with Crippen LogP contribution in [0.3, 0.4) is 0 Å². The van der Waals surface area contributed by atoms with Crippen LogP contribution in [0.2, 0.25) is 0 Å². The second-order valence-corrected chi connectivity index (χ2v) is 2.98. The highest BCUT2D eigenvalue weighted by Gasteiger charge is 2.41. The molecule has 1 amide bonds. The molecule has 1 aliphatic carbocycles. The van der Waals surface area contributed by atoms with E-state index < -0.39 is 5.60 Å². The van der Waals surface area contributed by atoms with Gasteiger partial charge in [-0.15, -0.1) is 6.42 Å². The van der Waals surface area contributed by atoms with Crippen molar-refractivity contribution < 1.29 is 9.90 Å². The summed E-state index contributed by atoms with van der Waals surface area (Å²) in [5, 5.41) is 12.0. The number of nitrogens with one attached hydrogen (secondary N) is 1. The van der Waals surface area contributed by atoms with Crippen LogP contribution in [-0.2, 0) is 4.79 Å². The van der Waals surface area contributed by atoms with Crippen LogP contribution in [0, 0.1) is 12.3 Å². The first-order chi connectivity index (χ1) is 5.06. The minimum absolute atomic E-state index is 0.0635. The molecule has 1 fully saturated rings. The van der Waals surface area contributed by atoms with Crippen molar-refractivity contribution in [1.82, 2.24) is 5.32 Å². The van der Waals surface area contributed by atoms with E-state index in [2.05, 4.69) is 11.2 Å². The molecule has 11 heavy (non-hydrogen) atoms. The number of rotatable bonds is 1. The van der Waals surface area contributed by atoms with Gasteiger partial charge in [-0.05, 0) is 0 Å². The van der Waals surface area contributed by atoms with Crippen molar-refractivity contribution in [3.63, 3.8) is 0 Å². The Morgan fingerprint density at radius 2 is 2.36 bits per heavy atom. The van der Waals surface area contributed by atoms with Crippen molar-refractivity contribution in [1.29, 1.82) is 0 Å². The molecule has 0 unspecified atom stereocenters. The van der Waals surface area contributed by atoms with Crippen LogP contribution >= 0.6 is 0 Å². The lowest BCUT2D eigenvalue weighted by molar-refractivity contribution is -0.121. The first-order valence-electron chi connectivity index (χ1n) is 3.53. The molecule has 3 heteroatoms.